The van der Waals surface area contributed by atoms with E-state index in [4.69, 9.17) is 15.1 Å². The first-order valence-electron chi connectivity index (χ1n) is 8.84. The second-order valence-corrected chi connectivity index (χ2v) is 9.25. The van der Waals surface area contributed by atoms with E-state index in [1.807, 2.05) is 0 Å². The highest BCUT2D eigenvalue weighted by molar-refractivity contribution is 8.31. The molecule has 0 atom stereocenters. The Hall–Kier alpha value is 0.625. The third-order valence-electron chi connectivity index (χ3n) is 4.36. The monoisotopic (exact) mass is 290 g/mol. The van der Waals surface area contributed by atoms with E-state index in [1.54, 1.807) is 0 Å². The average Bonchev–Trinajstić information content (AvgIpc) is 2.44. The van der Waals surface area contributed by atoms with E-state index in [-0.39, 0.29) is 0 Å². The summed E-state index contributed by atoms with van der Waals surface area (Å²) in [6, 6.07) is 0. The predicted octanol–water partition coefficient (Wildman–Crippen LogP) is 5.93. The van der Waals surface area contributed by atoms with Crippen LogP contribution in [-0.4, -0.2) is 27.8 Å². The first-order valence-corrected chi connectivity index (χ1v) is 10.9. The highest BCUT2D eigenvalue weighted by atomic mass is 31.2. The molecular weight excluding hydrogens is 256 g/mol. The van der Waals surface area contributed by atoms with Gasteiger partial charge in [-0.25, -0.2) is 0 Å². The molecule has 0 rings (SSSR count). The van der Waals surface area contributed by atoms with Gasteiger partial charge in [-0.15, -0.1) is 6.90 Å². The van der Waals surface area contributed by atoms with Gasteiger partial charge in [0, 0.05) is 5.66 Å². The van der Waals surface area contributed by atoms with Gasteiger partial charge in [0.05, 0.1) is 0 Å². The van der Waals surface area contributed by atoms with Gasteiger partial charge >= 0.3 is 22.1 Å². The van der Waals surface area contributed by atoms with Crippen molar-refractivity contribution in [2.75, 3.05) is 0 Å². The molecule has 0 nitrogen and oxygen atoms in total. The summed E-state index contributed by atoms with van der Waals surface area (Å²) in [4.78, 5) is 0. The van der Waals surface area contributed by atoms with Crippen LogP contribution in [0, 0.1) is 0 Å². The van der Waals surface area contributed by atoms with E-state index >= 15 is 0 Å². The van der Waals surface area contributed by atoms with Gasteiger partial charge in [0.2, 0.25) is 0 Å². The molecule has 0 amide bonds. The molecule has 0 fully saturated rings. The molecule has 4 heteroatoms. The van der Waals surface area contributed by atoms with Gasteiger partial charge < -0.3 is 0 Å². The maximum atomic E-state index is 6.38. The summed E-state index contributed by atoms with van der Waals surface area (Å²) in [5.74, 6) is 0. The molecule has 111 valence electrons. The van der Waals surface area contributed by atoms with Gasteiger partial charge in [0.1, 0.15) is 0 Å². The zero-order chi connectivity index (χ0) is 15.3. The Morgan fingerprint density at radius 3 is 1.50 bits per heavy atom. The molecule has 5 radical (unpaired) electrons. The fraction of sp³-hybridized carbons (Fsp3) is 1.00. The lowest BCUT2D eigenvalue weighted by molar-refractivity contribution is 0.549. The Morgan fingerprint density at radius 2 is 1.15 bits per heavy atom. The molecule has 0 aliphatic rings. The Labute approximate surface area is 132 Å². The molecule has 0 N–H and O–H groups in total. The zero-order valence-corrected chi connectivity index (χ0v) is 15.1. The number of hydrogen-bond acceptors (Lipinski definition) is 0. The molecule has 0 saturated heterocycles. The second-order valence-electron chi connectivity index (χ2n) is 6.21. The van der Waals surface area contributed by atoms with Crippen molar-refractivity contribution in [2.24, 2.45) is 0 Å². The third kappa shape index (κ3) is 10.4. The van der Waals surface area contributed by atoms with Crippen molar-refractivity contribution in [3.8, 4) is 0 Å². The predicted molar refractivity (Wildman–Crippen MR) is 101 cm³/mol. The van der Waals surface area contributed by atoms with E-state index in [9.17, 15) is 0 Å². The summed E-state index contributed by atoms with van der Waals surface area (Å²) in [5, 5.41) is 0. The minimum atomic E-state index is -1.77. The molecule has 0 spiro atoms. The lowest BCUT2D eigenvalue weighted by Crippen LogP contribution is -2.18. The molecule has 0 aliphatic carbocycles. The van der Waals surface area contributed by atoms with Crippen LogP contribution in [0.25, 0.3) is 0 Å². The maximum absolute atomic E-state index is 6.38. The second kappa shape index (κ2) is 13.3. The van der Waals surface area contributed by atoms with Gasteiger partial charge in [-0.3, -0.25) is 0 Å². The van der Waals surface area contributed by atoms with Crippen molar-refractivity contribution >= 4 is 29.0 Å². The van der Waals surface area contributed by atoms with Crippen LogP contribution < -0.4 is 0 Å². The van der Waals surface area contributed by atoms with Gasteiger partial charge in [-0.2, -0.15) is 0 Å². The fourth-order valence-corrected chi connectivity index (χ4v) is 4.45. The molecule has 0 aromatic carbocycles. The molecule has 0 aliphatic heterocycles. The summed E-state index contributed by atoms with van der Waals surface area (Å²) in [5.41, 5.74) is 0.566. The molecule has 20 heavy (non-hydrogen) atoms. The summed E-state index contributed by atoms with van der Waals surface area (Å²) >= 11 is 0. The SMILES string of the molecule is [B][P+]([B])([B]C)C(CCCCCCC)CCCCCCC. The first kappa shape index (κ1) is 20.6. The first-order chi connectivity index (χ1) is 9.58. The Balaban J connectivity index is 3.96. The van der Waals surface area contributed by atoms with E-state index in [2.05, 4.69) is 27.7 Å². The minimum Gasteiger partial charge on any atom is -0.144 e. The highest BCUT2D eigenvalue weighted by Crippen LogP contribution is 2.55. The quantitative estimate of drug-likeness (QED) is 0.211. The summed E-state index contributed by atoms with van der Waals surface area (Å²) in [7, 11) is 12.8. The van der Waals surface area contributed by atoms with Crippen molar-refractivity contribution in [3.63, 3.8) is 0 Å². The van der Waals surface area contributed by atoms with Crippen LogP contribution in [0.3, 0.4) is 0 Å². The van der Waals surface area contributed by atoms with Crippen molar-refractivity contribution < 1.29 is 0 Å². The molecule has 0 saturated carbocycles. The van der Waals surface area contributed by atoms with Crippen LogP contribution >= 0.6 is 6.90 Å². The summed E-state index contributed by atoms with van der Waals surface area (Å²) in [6.07, 6.45) is 15.9. The van der Waals surface area contributed by atoms with Gasteiger partial charge in [-0.1, -0.05) is 72.0 Å². The van der Waals surface area contributed by atoms with Crippen LogP contribution in [0.2, 0.25) is 6.82 Å². The van der Waals surface area contributed by atoms with E-state index in [0.717, 1.165) is 0 Å². The van der Waals surface area contributed by atoms with Crippen molar-refractivity contribution in [1.29, 1.82) is 0 Å². The summed E-state index contributed by atoms with van der Waals surface area (Å²) < 4.78 is 0. The van der Waals surface area contributed by atoms with E-state index < -0.39 is 6.90 Å². The third-order valence-corrected chi connectivity index (χ3v) is 7.04. The molecule has 0 unspecified atom stereocenters. The number of rotatable bonds is 14. The Kier molecular flexibility index (Phi) is 13.7. The van der Waals surface area contributed by atoms with Gasteiger partial charge in [0.25, 0.3) is 0 Å². The normalized spacial score (nSPS) is 12.0. The average molecular weight is 290 g/mol. The topological polar surface area (TPSA) is 0 Å². The van der Waals surface area contributed by atoms with Crippen molar-refractivity contribution in [3.05, 3.63) is 0 Å². The molecule has 0 heterocycles. The molecule has 0 aromatic heterocycles. The molecule has 0 aromatic rings. The van der Waals surface area contributed by atoms with Crippen molar-refractivity contribution in [1.82, 2.24) is 0 Å². The Morgan fingerprint density at radius 1 is 0.750 bits per heavy atom. The lowest BCUT2D eigenvalue weighted by atomic mass is 10.0. The van der Waals surface area contributed by atoms with Crippen LogP contribution in [0.1, 0.15) is 90.9 Å². The molecule has 0 bridgehead atoms. The number of unbranched alkanes of at least 4 members (excludes halogenated alkanes) is 8. The summed E-state index contributed by atoms with van der Waals surface area (Å²) in [6.45, 7) is 6.92. The minimum absolute atomic E-state index is 0.566. The molecular formula is C16H34B3P+. The Bertz CT molecular complexity index is 196. The van der Waals surface area contributed by atoms with Crippen LogP contribution in [0.4, 0.5) is 0 Å². The maximum Gasteiger partial charge on any atom is 0.323 e. The van der Waals surface area contributed by atoms with E-state index in [0.29, 0.717) is 5.66 Å². The highest BCUT2D eigenvalue weighted by Gasteiger charge is 2.33. The standard InChI is InChI=1S/C16H34B3P/c1-4-6-8-10-12-14-16(20(17,18)19-3)15-13-11-9-7-5-2/h16H,4-15H2,1-3H3/q+1. The fourth-order valence-electron chi connectivity index (χ4n) is 2.77. The van der Waals surface area contributed by atoms with Crippen LogP contribution in [-0.2, 0) is 0 Å². The largest absolute Gasteiger partial charge is 0.323 e. The lowest BCUT2D eigenvalue weighted by Gasteiger charge is -2.29. The van der Waals surface area contributed by atoms with Crippen LogP contribution in [0.5, 0.6) is 0 Å². The smallest absolute Gasteiger partial charge is 0.144 e. The van der Waals surface area contributed by atoms with Crippen LogP contribution in [0.15, 0.2) is 0 Å². The van der Waals surface area contributed by atoms with E-state index in [1.165, 1.54) is 77.0 Å². The van der Waals surface area contributed by atoms with Gasteiger partial charge in [0.15, 0.2) is 0 Å². The van der Waals surface area contributed by atoms with Gasteiger partial charge in [-0.05, 0) is 25.7 Å². The number of hydrogen-bond donors (Lipinski definition) is 0. The zero-order valence-electron chi connectivity index (χ0n) is 14.2. The van der Waals surface area contributed by atoms with Crippen molar-refractivity contribution in [2.45, 2.75) is 103 Å².